The number of likely N-dealkylation sites (tertiary alicyclic amines) is 1. The molecule has 2 aliphatic rings. The van der Waals surface area contributed by atoms with Gasteiger partial charge in [0.15, 0.2) is 0 Å². The molecule has 1 aliphatic carbocycles. The van der Waals surface area contributed by atoms with E-state index in [0.29, 0.717) is 18.8 Å². The average Bonchev–Trinajstić information content (AvgIpc) is 3.13. The van der Waals surface area contributed by atoms with E-state index in [1.807, 2.05) is 25.1 Å². The van der Waals surface area contributed by atoms with Crippen molar-refractivity contribution in [2.45, 2.75) is 70.2 Å². The number of nitrogens with one attached hydrogen (secondary N) is 1. The lowest BCUT2D eigenvalue weighted by molar-refractivity contribution is -0.127. The van der Waals surface area contributed by atoms with Crippen LogP contribution >= 0.6 is 0 Å². The highest BCUT2D eigenvalue weighted by atomic mass is 16.5. The Morgan fingerprint density at radius 2 is 1.83 bits per heavy atom. The highest BCUT2D eigenvalue weighted by molar-refractivity contribution is 5.81. The number of ether oxygens (including phenoxy) is 1. The van der Waals surface area contributed by atoms with Crippen LogP contribution in [0.1, 0.15) is 51.0 Å². The van der Waals surface area contributed by atoms with Gasteiger partial charge in [0.25, 0.3) is 0 Å². The van der Waals surface area contributed by atoms with Crippen LogP contribution in [-0.4, -0.2) is 42.1 Å². The Morgan fingerprint density at radius 3 is 2.50 bits per heavy atom. The SMILES string of the molecule is C[C@@H](C(=O)NC1CCCC1)N1CCC(OCc2ccccc2)CC1. The second-order valence-electron chi connectivity index (χ2n) is 7.20. The van der Waals surface area contributed by atoms with E-state index < -0.39 is 0 Å². The van der Waals surface area contributed by atoms with Crippen molar-refractivity contribution in [2.24, 2.45) is 0 Å². The molecule has 1 aromatic carbocycles. The van der Waals surface area contributed by atoms with E-state index in [1.165, 1.54) is 18.4 Å². The first-order chi connectivity index (χ1) is 11.7. The number of hydrogen-bond donors (Lipinski definition) is 1. The maximum absolute atomic E-state index is 12.4. The third-order valence-electron chi connectivity index (χ3n) is 5.43. The van der Waals surface area contributed by atoms with Crippen LogP contribution in [0.3, 0.4) is 0 Å². The molecule has 0 aromatic heterocycles. The van der Waals surface area contributed by atoms with E-state index in [4.69, 9.17) is 4.74 Å². The van der Waals surface area contributed by atoms with E-state index in [1.54, 1.807) is 0 Å². The molecule has 0 unspecified atom stereocenters. The largest absolute Gasteiger partial charge is 0.373 e. The Labute approximate surface area is 145 Å². The summed E-state index contributed by atoms with van der Waals surface area (Å²) in [4.78, 5) is 14.7. The van der Waals surface area contributed by atoms with Crippen LogP contribution < -0.4 is 5.32 Å². The number of nitrogens with zero attached hydrogens (tertiary/aromatic N) is 1. The number of carbonyl (C=O) groups is 1. The van der Waals surface area contributed by atoms with Crippen molar-refractivity contribution >= 4 is 5.91 Å². The predicted octanol–water partition coefficient (Wildman–Crippen LogP) is 3.11. The molecular weight excluding hydrogens is 300 g/mol. The molecule has 2 fully saturated rings. The van der Waals surface area contributed by atoms with Gasteiger partial charge in [-0.2, -0.15) is 0 Å². The maximum Gasteiger partial charge on any atom is 0.237 e. The fourth-order valence-corrected chi connectivity index (χ4v) is 3.78. The Balaban J connectivity index is 1.38. The zero-order valence-corrected chi connectivity index (χ0v) is 14.7. The smallest absolute Gasteiger partial charge is 0.237 e. The van der Waals surface area contributed by atoms with E-state index in [0.717, 1.165) is 38.8 Å². The summed E-state index contributed by atoms with van der Waals surface area (Å²) in [6, 6.07) is 10.7. The van der Waals surface area contributed by atoms with Gasteiger partial charge >= 0.3 is 0 Å². The van der Waals surface area contributed by atoms with E-state index >= 15 is 0 Å². The molecule has 4 heteroatoms. The quantitative estimate of drug-likeness (QED) is 0.871. The Morgan fingerprint density at radius 1 is 1.17 bits per heavy atom. The number of piperidine rings is 1. The monoisotopic (exact) mass is 330 g/mol. The van der Waals surface area contributed by atoms with Gasteiger partial charge < -0.3 is 10.1 Å². The molecule has 1 atom stereocenters. The first-order valence-electron chi connectivity index (χ1n) is 9.42. The molecule has 1 saturated carbocycles. The third-order valence-corrected chi connectivity index (χ3v) is 5.43. The molecule has 0 bridgehead atoms. The lowest BCUT2D eigenvalue weighted by Gasteiger charge is -2.35. The van der Waals surface area contributed by atoms with Gasteiger partial charge in [0.1, 0.15) is 0 Å². The summed E-state index contributed by atoms with van der Waals surface area (Å²) in [7, 11) is 0. The molecule has 1 amide bonds. The molecule has 1 saturated heterocycles. The standard InChI is InChI=1S/C20H30N2O2/c1-16(20(23)21-18-9-5-6-10-18)22-13-11-19(12-14-22)24-15-17-7-3-2-4-8-17/h2-4,7-8,16,18-19H,5-6,9-15H2,1H3,(H,21,23)/t16-/m0/s1. The van der Waals surface area contributed by atoms with Gasteiger partial charge in [-0.05, 0) is 38.2 Å². The minimum atomic E-state index is -0.0272. The number of amides is 1. The van der Waals surface area contributed by atoms with Crippen molar-refractivity contribution < 1.29 is 9.53 Å². The molecule has 3 rings (SSSR count). The summed E-state index contributed by atoms with van der Waals surface area (Å²) in [5.74, 6) is 0.200. The molecular formula is C20H30N2O2. The van der Waals surface area contributed by atoms with Gasteiger partial charge in [0, 0.05) is 19.1 Å². The van der Waals surface area contributed by atoms with Gasteiger partial charge in [0.2, 0.25) is 5.91 Å². The van der Waals surface area contributed by atoms with Gasteiger partial charge in [-0.25, -0.2) is 0 Å². The first kappa shape index (κ1) is 17.4. The predicted molar refractivity (Wildman–Crippen MR) is 95.7 cm³/mol. The normalized spacial score (nSPS) is 21.7. The molecule has 24 heavy (non-hydrogen) atoms. The van der Waals surface area contributed by atoms with Crippen molar-refractivity contribution in [3.8, 4) is 0 Å². The zero-order chi connectivity index (χ0) is 16.8. The summed E-state index contributed by atoms with van der Waals surface area (Å²) < 4.78 is 6.04. The van der Waals surface area contributed by atoms with Crippen molar-refractivity contribution in [3.63, 3.8) is 0 Å². The topological polar surface area (TPSA) is 41.6 Å². The second kappa shape index (κ2) is 8.63. The van der Waals surface area contributed by atoms with E-state index in [-0.39, 0.29) is 11.9 Å². The Hall–Kier alpha value is -1.39. The summed E-state index contributed by atoms with van der Waals surface area (Å²) in [6.07, 6.45) is 7.13. The van der Waals surface area contributed by atoms with Crippen LogP contribution in [0, 0.1) is 0 Å². The molecule has 1 heterocycles. The number of hydrogen-bond acceptors (Lipinski definition) is 3. The van der Waals surface area contributed by atoms with Gasteiger partial charge in [-0.15, -0.1) is 0 Å². The second-order valence-corrected chi connectivity index (χ2v) is 7.20. The summed E-state index contributed by atoms with van der Waals surface area (Å²) in [6.45, 7) is 4.61. The Kier molecular flexibility index (Phi) is 6.27. The molecule has 1 N–H and O–H groups in total. The summed E-state index contributed by atoms with van der Waals surface area (Å²) in [5, 5.41) is 3.22. The van der Waals surface area contributed by atoms with E-state index in [2.05, 4.69) is 22.3 Å². The molecule has 1 aliphatic heterocycles. The van der Waals surface area contributed by atoms with Gasteiger partial charge in [-0.3, -0.25) is 9.69 Å². The zero-order valence-electron chi connectivity index (χ0n) is 14.7. The molecule has 1 aromatic rings. The molecule has 0 radical (unpaired) electrons. The van der Waals surface area contributed by atoms with Crippen molar-refractivity contribution in [1.82, 2.24) is 10.2 Å². The van der Waals surface area contributed by atoms with E-state index in [9.17, 15) is 4.79 Å². The van der Waals surface area contributed by atoms with Crippen LogP contribution in [0.15, 0.2) is 30.3 Å². The molecule has 132 valence electrons. The van der Waals surface area contributed by atoms with Gasteiger partial charge in [0.05, 0.1) is 18.8 Å². The fraction of sp³-hybridized carbons (Fsp3) is 0.650. The number of rotatable bonds is 6. The van der Waals surface area contributed by atoms with Crippen LogP contribution in [0.2, 0.25) is 0 Å². The fourth-order valence-electron chi connectivity index (χ4n) is 3.78. The summed E-state index contributed by atoms with van der Waals surface area (Å²) >= 11 is 0. The third kappa shape index (κ3) is 4.81. The lowest BCUT2D eigenvalue weighted by Crippen LogP contribution is -2.50. The Bertz CT molecular complexity index is 506. The maximum atomic E-state index is 12.4. The van der Waals surface area contributed by atoms with Crippen LogP contribution in [0.5, 0.6) is 0 Å². The molecule has 0 spiro atoms. The number of benzene rings is 1. The minimum Gasteiger partial charge on any atom is -0.373 e. The first-order valence-corrected chi connectivity index (χ1v) is 9.42. The van der Waals surface area contributed by atoms with Crippen molar-refractivity contribution in [2.75, 3.05) is 13.1 Å². The summed E-state index contributed by atoms with van der Waals surface area (Å²) in [5.41, 5.74) is 1.23. The highest BCUT2D eigenvalue weighted by Crippen LogP contribution is 2.20. The van der Waals surface area contributed by atoms with Crippen LogP contribution in [0.25, 0.3) is 0 Å². The average molecular weight is 330 g/mol. The van der Waals surface area contributed by atoms with Crippen LogP contribution in [0.4, 0.5) is 0 Å². The van der Waals surface area contributed by atoms with Crippen molar-refractivity contribution in [1.29, 1.82) is 0 Å². The minimum absolute atomic E-state index is 0.0272. The molecule has 4 nitrogen and oxygen atoms in total. The van der Waals surface area contributed by atoms with Crippen molar-refractivity contribution in [3.05, 3.63) is 35.9 Å². The van der Waals surface area contributed by atoms with Crippen LogP contribution in [-0.2, 0) is 16.1 Å². The lowest BCUT2D eigenvalue weighted by atomic mass is 10.1. The number of carbonyl (C=O) groups excluding carboxylic acids is 1. The van der Waals surface area contributed by atoms with Gasteiger partial charge in [-0.1, -0.05) is 43.2 Å². The highest BCUT2D eigenvalue weighted by Gasteiger charge is 2.28.